The number of alkyl halides is 1. The first-order valence-electron chi connectivity index (χ1n) is 6.75. The predicted molar refractivity (Wildman–Crippen MR) is 73.9 cm³/mol. The van der Waals surface area contributed by atoms with E-state index in [1.54, 1.807) is 11.4 Å². The zero-order valence-electron chi connectivity index (χ0n) is 11.2. The van der Waals surface area contributed by atoms with Gasteiger partial charge in [-0.2, -0.15) is 17.0 Å². The maximum absolute atomic E-state index is 12.4. The van der Waals surface area contributed by atoms with Crippen molar-refractivity contribution in [3.05, 3.63) is 0 Å². The second kappa shape index (κ2) is 5.65. The standard InChI is InChI=1S/C12H23ClN2O2S/c1-10-4-3-5-15(8-10)18(16,17)14(2)9-11-6-12(13)7-11/h10-12H,3-9H2,1-2H3. The molecule has 2 fully saturated rings. The van der Waals surface area contributed by atoms with Gasteiger partial charge in [0.2, 0.25) is 0 Å². The monoisotopic (exact) mass is 294 g/mol. The lowest BCUT2D eigenvalue weighted by Gasteiger charge is -2.37. The van der Waals surface area contributed by atoms with Gasteiger partial charge in [0.05, 0.1) is 0 Å². The van der Waals surface area contributed by atoms with E-state index >= 15 is 0 Å². The van der Waals surface area contributed by atoms with E-state index in [9.17, 15) is 8.42 Å². The van der Waals surface area contributed by atoms with Gasteiger partial charge in [0, 0.05) is 32.1 Å². The molecule has 0 radical (unpaired) electrons. The molecule has 18 heavy (non-hydrogen) atoms. The lowest BCUT2D eigenvalue weighted by atomic mass is 9.85. The van der Waals surface area contributed by atoms with Crippen LogP contribution in [0.1, 0.15) is 32.6 Å². The first-order valence-corrected chi connectivity index (χ1v) is 8.58. The molecule has 0 aromatic carbocycles. The Kier molecular flexibility index (Phi) is 4.57. The highest BCUT2D eigenvalue weighted by atomic mass is 35.5. The molecule has 4 nitrogen and oxygen atoms in total. The number of hydrogen-bond donors (Lipinski definition) is 0. The van der Waals surface area contributed by atoms with Gasteiger partial charge in [0.25, 0.3) is 10.2 Å². The smallest absolute Gasteiger partial charge is 0.195 e. The Bertz CT molecular complexity index is 382. The van der Waals surface area contributed by atoms with E-state index in [-0.39, 0.29) is 5.38 Å². The summed E-state index contributed by atoms with van der Waals surface area (Å²) in [5.74, 6) is 0.910. The highest BCUT2D eigenvalue weighted by Crippen LogP contribution is 2.33. The van der Waals surface area contributed by atoms with Crippen LogP contribution in [-0.4, -0.2) is 49.1 Å². The van der Waals surface area contributed by atoms with Crippen molar-refractivity contribution in [2.75, 3.05) is 26.7 Å². The molecule has 1 saturated heterocycles. The van der Waals surface area contributed by atoms with Crippen molar-refractivity contribution in [1.29, 1.82) is 0 Å². The molecule has 0 spiro atoms. The molecule has 6 heteroatoms. The summed E-state index contributed by atoms with van der Waals surface area (Å²) in [4.78, 5) is 0. The lowest BCUT2D eigenvalue weighted by Crippen LogP contribution is -2.48. The normalized spacial score (nSPS) is 34.6. The molecule has 1 aliphatic heterocycles. The van der Waals surface area contributed by atoms with Crippen LogP contribution in [0.15, 0.2) is 0 Å². The summed E-state index contributed by atoms with van der Waals surface area (Å²) in [5.41, 5.74) is 0. The van der Waals surface area contributed by atoms with Crippen molar-refractivity contribution < 1.29 is 8.42 Å². The topological polar surface area (TPSA) is 40.6 Å². The van der Waals surface area contributed by atoms with E-state index in [0.29, 0.717) is 31.5 Å². The maximum Gasteiger partial charge on any atom is 0.281 e. The van der Waals surface area contributed by atoms with E-state index in [2.05, 4.69) is 6.92 Å². The molecule has 0 bridgehead atoms. The molecule has 2 rings (SSSR count). The molecule has 1 heterocycles. The lowest BCUT2D eigenvalue weighted by molar-refractivity contribution is 0.235. The van der Waals surface area contributed by atoms with Crippen LogP contribution in [0.3, 0.4) is 0 Å². The van der Waals surface area contributed by atoms with Gasteiger partial charge >= 0.3 is 0 Å². The molecule has 1 unspecified atom stereocenters. The fraction of sp³-hybridized carbons (Fsp3) is 1.00. The van der Waals surface area contributed by atoms with Gasteiger partial charge in [0.15, 0.2) is 0 Å². The summed E-state index contributed by atoms with van der Waals surface area (Å²) in [6, 6.07) is 0. The predicted octanol–water partition coefficient (Wildman–Crippen LogP) is 1.91. The Morgan fingerprint density at radius 2 is 2.06 bits per heavy atom. The zero-order valence-corrected chi connectivity index (χ0v) is 12.8. The SMILES string of the molecule is CC1CCCN(S(=O)(=O)N(C)CC2CC(Cl)C2)C1. The first kappa shape index (κ1) is 14.6. The molecule has 0 amide bonds. The zero-order chi connectivity index (χ0) is 13.3. The van der Waals surface area contributed by atoms with E-state index in [1.165, 1.54) is 4.31 Å². The third-order valence-electron chi connectivity index (χ3n) is 4.03. The van der Waals surface area contributed by atoms with E-state index < -0.39 is 10.2 Å². The number of hydrogen-bond acceptors (Lipinski definition) is 2. The van der Waals surface area contributed by atoms with Crippen LogP contribution in [0.5, 0.6) is 0 Å². The summed E-state index contributed by atoms with van der Waals surface area (Å²) in [6.45, 7) is 4.05. The summed E-state index contributed by atoms with van der Waals surface area (Å²) in [6.07, 6.45) is 3.99. The van der Waals surface area contributed by atoms with Crippen molar-refractivity contribution in [3.63, 3.8) is 0 Å². The largest absolute Gasteiger partial charge is 0.281 e. The molecule has 1 atom stereocenters. The second-order valence-corrected chi connectivity index (χ2v) is 8.48. The van der Waals surface area contributed by atoms with E-state index in [0.717, 1.165) is 25.7 Å². The molecule has 1 saturated carbocycles. The second-order valence-electron chi connectivity index (χ2n) is 5.83. The van der Waals surface area contributed by atoms with Crippen LogP contribution in [0.25, 0.3) is 0 Å². The quantitative estimate of drug-likeness (QED) is 0.743. The number of rotatable bonds is 4. The molecule has 1 aliphatic carbocycles. The van der Waals surface area contributed by atoms with Gasteiger partial charge in [-0.3, -0.25) is 0 Å². The summed E-state index contributed by atoms with van der Waals surface area (Å²) in [5, 5.41) is 0.251. The molecule has 2 aliphatic rings. The molecule has 106 valence electrons. The molecular formula is C12H23ClN2O2S. The van der Waals surface area contributed by atoms with E-state index in [1.807, 2.05) is 0 Å². The van der Waals surface area contributed by atoms with Crippen LogP contribution in [0, 0.1) is 11.8 Å². The maximum atomic E-state index is 12.4. The number of halogens is 1. The van der Waals surface area contributed by atoms with Crippen molar-refractivity contribution in [1.82, 2.24) is 8.61 Å². The van der Waals surface area contributed by atoms with Crippen molar-refractivity contribution in [2.24, 2.45) is 11.8 Å². The third kappa shape index (κ3) is 3.18. The van der Waals surface area contributed by atoms with Gasteiger partial charge in [-0.15, -0.1) is 11.6 Å². The van der Waals surface area contributed by atoms with Crippen LogP contribution < -0.4 is 0 Å². The third-order valence-corrected chi connectivity index (χ3v) is 6.31. The summed E-state index contributed by atoms with van der Waals surface area (Å²) in [7, 11) is -1.57. The molecule has 0 aromatic rings. The Hall–Kier alpha value is 0.160. The van der Waals surface area contributed by atoms with Crippen molar-refractivity contribution in [3.8, 4) is 0 Å². The van der Waals surface area contributed by atoms with Gasteiger partial charge < -0.3 is 0 Å². The Balaban J connectivity index is 1.92. The fourth-order valence-corrected chi connectivity index (χ4v) is 4.91. The summed E-state index contributed by atoms with van der Waals surface area (Å²) >= 11 is 5.93. The highest BCUT2D eigenvalue weighted by Gasteiger charge is 2.34. The van der Waals surface area contributed by atoms with Crippen molar-refractivity contribution in [2.45, 2.75) is 38.0 Å². The minimum absolute atomic E-state index is 0.251. The van der Waals surface area contributed by atoms with Gasteiger partial charge in [0.1, 0.15) is 0 Å². The molecular weight excluding hydrogens is 272 g/mol. The van der Waals surface area contributed by atoms with Gasteiger partial charge in [-0.25, -0.2) is 0 Å². The highest BCUT2D eigenvalue weighted by molar-refractivity contribution is 7.86. The van der Waals surface area contributed by atoms with Gasteiger partial charge in [-0.05, 0) is 37.5 Å². The average Bonchev–Trinajstić information content (AvgIpc) is 2.26. The molecule has 0 aromatic heterocycles. The van der Waals surface area contributed by atoms with Crippen LogP contribution in [0.2, 0.25) is 0 Å². The first-order chi connectivity index (χ1) is 8.39. The van der Waals surface area contributed by atoms with Crippen LogP contribution in [0.4, 0.5) is 0 Å². The number of nitrogens with zero attached hydrogens (tertiary/aromatic N) is 2. The number of piperidine rings is 1. The van der Waals surface area contributed by atoms with Crippen LogP contribution in [-0.2, 0) is 10.2 Å². The molecule has 0 N–H and O–H groups in total. The van der Waals surface area contributed by atoms with Crippen LogP contribution >= 0.6 is 11.6 Å². The summed E-state index contributed by atoms with van der Waals surface area (Å²) < 4.78 is 28.0. The average molecular weight is 295 g/mol. The Labute approximate surface area is 115 Å². The minimum atomic E-state index is -3.26. The fourth-order valence-electron chi connectivity index (χ4n) is 2.81. The van der Waals surface area contributed by atoms with Gasteiger partial charge in [-0.1, -0.05) is 6.92 Å². The van der Waals surface area contributed by atoms with E-state index in [4.69, 9.17) is 11.6 Å². The Morgan fingerprint density at radius 1 is 1.39 bits per heavy atom. The Morgan fingerprint density at radius 3 is 2.61 bits per heavy atom. The minimum Gasteiger partial charge on any atom is -0.195 e. The van der Waals surface area contributed by atoms with Crippen molar-refractivity contribution >= 4 is 21.8 Å².